The lowest BCUT2D eigenvalue weighted by Gasteiger charge is -2.16. The maximum Gasteiger partial charge on any atom is 0.451 e. The number of hydrazine groups is 1. The van der Waals surface area contributed by atoms with Crippen LogP contribution in [0.4, 0.5) is 24.8 Å². The molecular weight excluding hydrogens is 271 g/mol. The Bertz CT molecular complexity index is 508. The van der Waals surface area contributed by atoms with Crippen LogP contribution in [-0.2, 0) is 6.18 Å². The number of alkyl halides is 3. The zero-order valence-electron chi connectivity index (χ0n) is 10.8. The second-order valence-corrected chi connectivity index (χ2v) is 5.59. The zero-order valence-corrected chi connectivity index (χ0v) is 10.8. The van der Waals surface area contributed by atoms with Gasteiger partial charge in [-0.2, -0.15) is 13.2 Å². The monoisotopic (exact) mass is 287 g/mol. The van der Waals surface area contributed by atoms with Gasteiger partial charge in [-0.25, -0.2) is 15.8 Å². The maximum atomic E-state index is 12.7. The molecule has 8 heteroatoms. The van der Waals surface area contributed by atoms with E-state index in [0.29, 0.717) is 6.54 Å². The van der Waals surface area contributed by atoms with Crippen LogP contribution in [0.2, 0.25) is 0 Å². The molecule has 0 unspecified atom stereocenters. The van der Waals surface area contributed by atoms with E-state index in [1.807, 2.05) is 0 Å². The Morgan fingerprint density at radius 3 is 2.40 bits per heavy atom. The fraction of sp³-hybridized carbons (Fsp3) is 0.667. The van der Waals surface area contributed by atoms with Gasteiger partial charge in [0, 0.05) is 12.6 Å². The Labute approximate surface area is 114 Å². The van der Waals surface area contributed by atoms with Crippen LogP contribution in [0.5, 0.6) is 0 Å². The fourth-order valence-electron chi connectivity index (χ4n) is 2.59. The third-order valence-corrected chi connectivity index (χ3v) is 4.08. The number of rotatable bonds is 5. The van der Waals surface area contributed by atoms with Crippen molar-refractivity contribution in [1.29, 1.82) is 0 Å². The molecule has 1 heterocycles. The standard InChI is InChI=1S/C12H16F3N5/c13-12(14,15)10-18-8(5-9(19-10)20-16)17-6-11(3-4-11)7-1-2-7/h5,7H,1-4,6,16H2,(H2,17,18,19,20). The van der Waals surface area contributed by atoms with Crippen LogP contribution in [0.3, 0.4) is 0 Å². The van der Waals surface area contributed by atoms with Crippen molar-refractivity contribution in [2.45, 2.75) is 31.9 Å². The summed E-state index contributed by atoms with van der Waals surface area (Å²) in [5, 5.41) is 3.01. The first kappa shape index (κ1) is 13.4. The second kappa shape index (κ2) is 4.47. The lowest BCUT2D eigenvalue weighted by molar-refractivity contribution is -0.144. The summed E-state index contributed by atoms with van der Waals surface area (Å²) >= 11 is 0. The molecule has 0 saturated heterocycles. The van der Waals surface area contributed by atoms with Crippen LogP contribution in [0.25, 0.3) is 0 Å². The van der Waals surface area contributed by atoms with Crippen LogP contribution in [0.1, 0.15) is 31.5 Å². The van der Waals surface area contributed by atoms with Gasteiger partial charge in [0.2, 0.25) is 5.82 Å². The molecule has 2 fully saturated rings. The van der Waals surface area contributed by atoms with Crippen LogP contribution in [0, 0.1) is 11.3 Å². The number of nitrogens with zero attached hydrogens (tertiary/aromatic N) is 2. The molecule has 0 atom stereocenters. The van der Waals surface area contributed by atoms with Gasteiger partial charge in [-0.3, -0.25) is 0 Å². The van der Waals surface area contributed by atoms with Crippen LogP contribution in [0.15, 0.2) is 6.07 Å². The summed E-state index contributed by atoms with van der Waals surface area (Å²) < 4.78 is 38.1. The van der Waals surface area contributed by atoms with Gasteiger partial charge in [0.25, 0.3) is 0 Å². The van der Waals surface area contributed by atoms with Gasteiger partial charge in [0.1, 0.15) is 11.6 Å². The Morgan fingerprint density at radius 2 is 1.90 bits per heavy atom. The normalized spacial score (nSPS) is 20.6. The van der Waals surface area contributed by atoms with E-state index in [1.54, 1.807) is 0 Å². The van der Waals surface area contributed by atoms with Crippen molar-refractivity contribution in [3.8, 4) is 0 Å². The number of nitrogen functional groups attached to an aromatic ring is 1. The van der Waals surface area contributed by atoms with E-state index in [2.05, 4.69) is 20.7 Å². The van der Waals surface area contributed by atoms with E-state index < -0.39 is 12.0 Å². The minimum absolute atomic E-state index is 0.0499. The summed E-state index contributed by atoms with van der Waals surface area (Å²) in [6, 6.07) is 1.39. The molecule has 4 N–H and O–H groups in total. The molecule has 3 rings (SSSR count). The van der Waals surface area contributed by atoms with Gasteiger partial charge in [0.05, 0.1) is 0 Å². The van der Waals surface area contributed by atoms with Crippen LogP contribution in [-0.4, -0.2) is 16.5 Å². The summed E-state index contributed by atoms with van der Waals surface area (Å²) in [6.45, 7) is 0.663. The lowest BCUT2D eigenvalue weighted by Crippen LogP contribution is -2.21. The Kier molecular flexibility index (Phi) is 3.00. The predicted molar refractivity (Wildman–Crippen MR) is 67.7 cm³/mol. The van der Waals surface area contributed by atoms with E-state index >= 15 is 0 Å². The molecule has 0 radical (unpaired) electrons. The van der Waals surface area contributed by atoms with Crippen molar-refractivity contribution >= 4 is 11.6 Å². The van der Waals surface area contributed by atoms with Gasteiger partial charge >= 0.3 is 6.18 Å². The summed E-state index contributed by atoms with van der Waals surface area (Å²) in [5.74, 6) is 4.80. The van der Waals surface area contributed by atoms with E-state index in [0.717, 1.165) is 18.8 Å². The van der Waals surface area contributed by atoms with Crippen LogP contribution < -0.4 is 16.6 Å². The molecule has 0 bridgehead atoms. The third-order valence-electron chi connectivity index (χ3n) is 4.08. The van der Waals surface area contributed by atoms with Crippen molar-refractivity contribution in [1.82, 2.24) is 9.97 Å². The average molecular weight is 287 g/mol. The molecule has 0 amide bonds. The summed E-state index contributed by atoms with van der Waals surface area (Å²) in [4.78, 5) is 6.84. The minimum Gasteiger partial charge on any atom is -0.369 e. The van der Waals surface area contributed by atoms with E-state index in [1.165, 1.54) is 18.9 Å². The highest BCUT2D eigenvalue weighted by molar-refractivity contribution is 5.47. The molecular formula is C12H16F3N5. The molecule has 0 aromatic carbocycles. The van der Waals surface area contributed by atoms with Crippen molar-refractivity contribution in [2.24, 2.45) is 17.2 Å². The molecule has 110 valence electrons. The molecule has 2 aliphatic rings. The third kappa shape index (κ3) is 2.65. The highest BCUT2D eigenvalue weighted by Crippen LogP contribution is 2.61. The van der Waals surface area contributed by atoms with Gasteiger partial charge in [0.15, 0.2) is 0 Å². The fourth-order valence-corrected chi connectivity index (χ4v) is 2.59. The predicted octanol–water partition coefficient (Wildman–Crippen LogP) is 2.38. The number of aromatic nitrogens is 2. The first-order chi connectivity index (χ1) is 9.43. The summed E-state index contributed by atoms with van der Waals surface area (Å²) in [6.07, 6.45) is 0.161. The number of nitrogens with one attached hydrogen (secondary N) is 2. The highest BCUT2D eigenvalue weighted by atomic mass is 19.4. The summed E-state index contributed by atoms with van der Waals surface area (Å²) in [7, 11) is 0. The largest absolute Gasteiger partial charge is 0.451 e. The molecule has 1 aromatic rings. The quantitative estimate of drug-likeness (QED) is 0.572. The Hall–Kier alpha value is -1.57. The number of hydrogen-bond acceptors (Lipinski definition) is 5. The van der Waals surface area contributed by atoms with Gasteiger partial charge in [-0.1, -0.05) is 0 Å². The van der Waals surface area contributed by atoms with Crippen LogP contribution >= 0.6 is 0 Å². The lowest BCUT2D eigenvalue weighted by atomic mass is 10.0. The van der Waals surface area contributed by atoms with Crippen molar-refractivity contribution in [3.05, 3.63) is 11.9 Å². The topological polar surface area (TPSA) is 75.9 Å². The molecule has 0 aliphatic heterocycles. The second-order valence-electron chi connectivity index (χ2n) is 5.59. The smallest absolute Gasteiger partial charge is 0.369 e. The van der Waals surface area contributed by atoms with Crippen molar-refractivity contribution < 1.29 is 13.2 Å². The highest BCUT2D eigenvalue weighted by Gasteiger charge is 2.53. The van der Waals surface area contributed by atoms with Gasteiger partial charge in [-0.15, -0.1) is 0 Å². The average Bonchev–Trinajstić information content (AvgIpc) is 3.27. The van der Waals surface area contributed by atoms with E-state index in [4.69, 9.17) is 5.84 Å². The number of anilines is 2. The number of nitrogens with two attached hydrogens (primary N) is 1. The minimum atomic E-state index is -4.59. The molecule has 0 spiro atoms. The van der Waals surface area contributed by atoms with E-state index in [9.17, 15) is 13.2 Å². The zero-order chi connectivity index (χ0) is 14.4. The first-order valence-corrected chi connectivity index (χ1v) is 6.60. The van der Waals surface area contributed by atoms with Crippen molar-refractivity contribution in [3.63, 3.8) is 0 Å². The van der Waals surface area contributed by atoms with Crippen molar-refractivity contribution in [2.75, 3.05) is 17.3 Å². The maximum absolute atomic E-state index is 12.7. The number of halogens is 3. The number of hydrogen-bond donors (Lipinski definition) is 3. The van der Waals surface area contributed by atoms with Gasteiger partial charge < -0.3 is 10.7 Å². The molecule has 20 heavy (non-hydrogen) atoms. The van der Waals surface area contributed by atoms with E-state index in [-0.39, 0.29) is 17.1 Å². The molecule has 1 aromatic heterocycles. The summed E-state index contributed by atoms with van der Waals surface area (Å²) in [5.41, 5.74) is 2.41. The Balaban J connectivity index is 1.75. The molecule has 5 nitrogen and oxygen atoms in total. The Morgan fingerprint density at radius 1 is 1.25 bits per heavy atom. The molecule has 2 aliphatic carbocycles. The molecule has 2 saturated carbocycles. The van der Waals surface area contributed by atoms with Gasteiger partial charge in [-0.05, 0) is 37.0 Å². The SMILES string of the molecule is NNc1cc(NCC2(C3CC3)CC2)nc(C(F)(F)F)n1. The first-order valence-electron chi connectivity index (χ1n) is 6.60.